The molecule has 2 rings (SSSR count). The maximum atomic E-state index is 13.8. The van der Waals surface area contributed by atoms with Crippen LogP contribution in [0.25, 0.3) is 0 Å². The topological polar surface area (TPSA) is 63.8 Å². The number of nitrogen functional groups attached to an aromatic ring is 1. The van der Waals surface area contributed by atoms with E-state index in [-0.39, 0.29) is 17.8 Å². The molecule has 0 spiro atoms. The van der Waals surface area contributed by atoms with E-state index >= 15 is 0 Å². The van der Waals surface area contributed by atoms with E-state index in [4.69, 9.17) is 5.73 Å². The van der Waals surface area contributed by atoms with Crippen LogP contribution in [0.4, 0.5) is 16.0 Å². The van der Waals surface area contributed by atoms with Crippen molar-refractivity contribution in [1.29, 1.82) is 0 Å². The number of benzene rings is 1. The Bertz CT molecular complexity index is 640. The number of hydrogen-bond acceptors (Lipinski definition) is 4. The minimum Gasteiger partial charge on any atom is -0.383 e. The second-order valence-electron chi connectivity index (χ2n) is 5.48. The van der Waals surface area contributed by atoms with Gasteiger partial charge in [-0.2, -0.15) is 0 Å². The summed E-state index contributed by atoms with van der Waals surface area (Å²) in [4.78, 5) is 8.79. The molecule has 5 heteroatoms. The first kappa shape index (κ1) is 15.2. The number of hydrogen-bond donors (Lipinski definition) is 2. The van der Waals surface area contributed by atoms with Crippen LogP contribution in [-0.4, -0.2) is 9.97 Å². The van der Waals surface area contributed by atoms with Crippen LogP contribution in [-0.2, 0) is 0 Å². The third kappa shape index (κ3) is 3.29. The number of halogens is 1. The maximum absolute atomic E-state index is 13.8. The molecule has 1 aromatic carbocycles. The van der Waals surface area contributed by atoms with E-state index in [2.05, 4.69) is 15.3 Å². The van der Waals surface area contributed by atoms with Crippen molar-refractivity contribution >= 4 is 11.6 Å². The molecule has 4 nitrogen and oxygen atoms in total. The Morgan fingerprint density at radius 2 is 1.81 bits per heavy atom. The van der Waals surface area contributed by atoms with Crippen molar-refractivity contribution in [2.24, 2.45) is 0 Å². The lowest BCUT2D eigenvalue weighted by atomic mass is 10.1. The highest BCUT2D eigenvalue weighted by atomic mass is 19.1. The normalized spacial score (nSPS) is 12.5. The summed E-state index contributed by atoms with van der Waals surface area (Å²) in [7, 11) is 0. The summed E-state index contributed by atoms with van der Waals surface area (Å²) in [5.74, 6) is 1.73. The number of rotatable bonds is 4. The van der Waals surface area contributed by atoms with Crippen LogP contribution in [0.2, 0.25) is 0 Å². The molecule has 1 aromatic heterocycles. The number of nitrogens with zero attached hydrogens (tertiary/aromatic N) is 2. The van der Waals surface area contributed by atoms with Crippen LogP contribution in [0.5, 0.6) is 0 Å². The molecule has 0 fully saturated rings. The van der Waals surface area contributed by atoms with Gasteiger partial charge < -0.3 is 11.1 Å². The van der Waals surface area contributed by atoms with E-state index in [0.717, 1.165) is 5.56 Å². The molecule has 1 unspecified atom stereocenters. The Morgan fingerprint density at radius 3 is 2.43 bits per heavy atom. The van der Waals surface area contributed by atoms with Crippen LogP contribution in [0.1, 0.15) is 49.7 Å². The first-order valence-electron chi connectivity index (χ1n) is 7.05. The molecule has 1 heterocycles. The highest BCUT2D eigenvalue weighted by Gasteiger charge is 2.15. The minimum atomic E-state index is -0.235. The van der Waals surface area contributed by atoms with Gasteiger partial charge in [0.05, 0.1) is 6.04 Å². The molecule has 2 aromatic rings. The van der Waals surface area contributed by atoms with Crippen molar-refractivity contribution in [3.63, 3.8) is 0 Å². The molecule has 0 amide bonds. The van der Waals surface area contributed by atoms with E-state index in [1.54, 1.807) is 12.1 Å². The molecule has 3 N–H and O–H groups in total. The van der Waals surface area contributed by atoms with Crippen LogP contribution in [0, 0.1) is 12.7 Å². The van der Waals surface area contributed by atoms with Gasteiger partial charge in [-0.05, 0) is 19.9 Å². The summed E-state index contributed by atoms with van der Waals surface area (Å²) in [5.41, 5.74) is 7.32. The summed E-state index contributed by atoms with van der Waals surface area (Å²) in [6.45, 7) is 7.77. The summed E-state index contributed by atoms with van der Waals surface area (Å²) < 4.78 is 13.8. The van der Waals surface area contributed by atoms with Crippen LogP contribution < -0.4 is 11.1 Å². The Kier molecular flexibility index (Phi) is 4.40. The molecule has 0 saturated heterocycles. The van der Waals surface area contributed by atoms with Crippen molar-refractivity contribution in [1.82, 2.24) is 9.97 Å². The zero-order chi connectivity index (χ0) is 15.6. The molecule has 0 bridgehead atoms. The SMILES string of the molecule is Cc1c(N)nc(C(C)C)nc1NC(C)c1ccccc1F. The maximum Gasteiger partial charge on any atom is 0.135 e. The predicted octanol–water partition coefficient (Wildman–Crippen LogP) is 3.80. The van der Waals surface area contributed by atoms with Crippen molar-refractivity contribution in [2.45, 2.75) is 39.7 Å². The summed E-state index contributed by atoms with van der Waals surface area (Å²) in [6, 6.07) is 6.50. The van der Waals surface area contributed by atoms with Gasteiger partial charge in [0.1, 0.15) is 23.3 Å². The number of anilines is 2. The second kappa shape index (κ2) is 6.08. The van der Waals surface area contributed by atoms with Crippen LogP contribution in [0.15, 0.2) is 24.3 Å². The van der Waals surface area contributed by atoms with Crippen LogP contribution >= 0.6 is 0 Å². The molecular formula is C16H21FN4. The van der Waals surface area contributed by atoms with Gasteiger partial charge in [-0.15, -0.1) is 0 Å². The Morgan fingerprint density at radius 1 is 1.14 bits per heavy atom. The van der Waals surface area contributed by atoms with Gasteiger partial charge in [0.2, 0.25) is 0 Å². The molecule has 112 valence electrons. The zero-order valence-corrected chi connectivity index (χ0v) is 12.8. The first-order valence-corrected chi connectivity index (χ1v) is 7.05. The third-order valence-electron chi connectivity index (χ3n) is 3.44. The molecule has 0 aliphatic rings. The van der Waals surface area contributed by atoms with Gasteiger partial charge in [-0.1, -0.05) is 32.0 Å². The predicted molar refractivity (Wildman–Crippen MR) is 83.7 cm³/mol. The average molecular weight is 288 g/mol. The van der Waals surface area contributed by atoms with Crippen LogP contribution in [0.3, 0.4) is 0 Å². The van der Waals surface area contributed by atoms with Crippen molar-refractivity contribution in [3.8, 4) is 0 Å². The Balaban J connectivity index is 2.33. The smallest absolute Gasteiger partial charge is 0.135 e. The van der Waals surface area contributed by atoms with Gasteiger partial charge in [-0.3, -0.25) is 0 Å². The standard InChI is InChI=1S/C16H21FN4/c1-9(2)15-20-14(18)10(3)16(21-15)19-11(4)12-7-5-6-8-13(12)17/h5-9,11H,1-4H3,(H3,18,19,20,21). The van der Waals surface area contributed by atoms with Gasteiger partial charge in [-0.25, -0.2) is 14.4 Å². The molecule has 0 aliphatic carbocycles. The van der Waals surface area contributed by atoms with Crippen molar-refractivity contribution < 1.29 is 4.39 Å². The fraction of sp³-hybridized carbons (Fsp3) is 0.375. The van der Waals surface area contributed by atoms with E-state index in [1.807, 2.05) is 33.8 Å². The summed E-state index contributed by atoms with van der Waals surface area (Å²) >= 11 is 0. The minimum absolute atomic E-state index is 0.178. The van der Waals surface area contributed by atoms with Crippen molar-refractivity contribution in [2.75, 3.05) is 11.1 Å². The first-order chi connectivity index (χ1) is 9.90. The van der Waals surface area contributed by atoms with Crippen molar-refractivity contribution in [3.05, 3.63) is 47.0 Å². The monoisotopic (exact) mass is 288 g/mol. The highest BCUT2D eigenvalue weighted by Crippen LogP contribution is 2.26. The lowest BCUT2D eigenvalue weighted by Gasteiger charge is -2.19. The fourth-order valence-electron chi connectivity index (χ4n) is 2.06. The molecule has 0 aliphatic heterocycles. The fourth-order valence-corrected chi connectivity index (χ4v) is 2.06. The quantitative estimate of drug-likeness (QED) is 0.898. The van der Waals surface area contributed by atoms with E-state index in [9.17, 15) is 4.39 Å². The number of aromatic nitrogens is 2. The molecule has 21 heavy (non-hydrogen) atoms. The lowest BCUT2D eigenvalue weighted by Crippen LogP contribution is -2.14. The number of nitrogens with one attached hydrogen (secondary N) is 1. The highest BCUT2D eigenvalue weighted by molar-refractivity contribution is 5.56. The molecular weight excluding hydrogens is 267 g/mol. The molecule has 0 saturated carbocycles. The lowest BCUT2D eigenvalue weighted by molar-refractivity contribution is 0.599. The van der Waals surface area contributed by atoms with Gasteiger partial charge >= 0.3 is 0 Å². The van der Waals surface area contributed by atoms with E-state index in [0.29, 0.717) is 23.0 Å². The van der Waals surface area contributed by atoms with Gasteiger partial charge in [0, 0.05) is 17.0 Å². The average Bonchev–Trinajstić information content (AvgIpc) is 2.43. The third-order valence-corrected chi connectivity index (χ3v) is 3.44. The summed E-state index contributed by atoms with van der Waals surface area (Å²) in [5, 5.41) is 3.23. The van der Waals surface area contributed by atoms with Gasteiger partial charge in [0.15, 0.2) is 0 Å². The second-order valence-corrected chi connectivity index (χ2v) is 5.48. The Labute approximate surface area is 124 Å². The Hall–Kier alpha value is -2.17. The van der Waals surface area contributed by atoms with E-state index in [1.165, 1.54) is 6.07 Å². The largest absolute Gasteiger partial charge is 0.383 e. The number of nitrogens with two attached hydrogens (primary N) is 1. The van der Waals surface area contributed by atoms with E-state index < -0.39 is 0 Å². The zero-order valence-electron chi connectivity index (χ0n) is 12.8. The van der Waals surface area contributed by atoms with Gasteiger partial charge in [0.25, 0.3) is 0 Å². The molecule has 1 atom stereocenters. The molecule has 0 radical (unpaired) electrons. The summed E-state index contributed by atoms with van der Waals surface area (Å²) in [6.07, 6.45) is 0.